The van der Waals surface area contributed by atoms with Crippen molar-refractivity contribution in [1.82, 2.24) is 4.90 Å². The highest BCUT2D eigenvalue weighted by molar-refractivity contribution is 5.95. The Bertz CT molecular complexity index is 455. The molecule has 0 heterocycles. The zero-order valence-electron chi connectivity index (χ0n) is 11.7. The van der Waals surface area contributed by atoms with Gasteiger partial charge in [0, 0.05) is 18.2 Å². The summed E-state index contributed by atoms with van der Waals surface area (Å²) in [6.45, 7) is 2.98. The number of nitrogens with two attached hydrogens (primary N) is 1. The molecule has 0 spiro atoms. The summed E-state index contributed by atoms with van der Waals surface area (Å²) in [5.74, 6) is 0.659. The first-order chi connectivity index (χ1) is 9.17. The quantitative estimate of drug-likeness (QED) is 0.802. The Labute approximate surface area is 114 Å². The molecule has 1 saturated carbocycles. The average Bonchev–Trinajstić information content (AvgIpc) is 3.24. The van der Waals surface area contributed by atoms with Gasteiger partial charge in [-0.3, -0.25) is 4.79 Å². The van der Waals surface area contributed by atoms with Crippen molar-refractivity contribution >= 4 is 11.6 Å². The van der Waals surface area contributed by atoms with E-state index in [0.29, 0.717) is 23.0 Å². The largest absolute Gasteiger partial charge is 0.495 e. The van der Waals surface area contributed by atoms with E-state index in [1.54, 1.807) is 25.3 Å². The van der Waals surface area contributed by atoms with E-state index < -0.39 is 0 Å². The summed E-state index contributed by atoms with van der Waals surface area (Å²) in [5.41, 5.74) is 7.00. The lowest BCUT2D eigenvalue weighted by atomic mass is 10.1. The number of nitrogens with zero attached hydrogens (tertiary/aromatic N) is 1. The molecular formula is C15H22N2O2. The van der Waals surface area contributed by atoms with Crippen molar-refractivity contribution in [2.45, 2.75) is 38.6 Å². The number of hydrogen-bond donors (Lipinski definition) is 1. The summed E-state index contributed by atoms with van der Waals surface area (Å²) in [7, 11) is 1.57. The molecule has 2 N–H and O–H groups in total. The van der Waals surface area contributed by atoms with E-state index in [9.17, 15) is 4.79 Å². The van der Waals surface area contributed by atoms with Gasteiger partial charge in [-0.25, -0.2) is 0 Å². The summed E-state index contributed by atoms with van der Waals surface area (Å²) in [5, 5.41) is 0. The van der Waals surface area contributed by atoms with Crippen LogP contribution in [0.4, 0.5) is 5.69 Å². The number of amides is 1. The molecule has 0 radical (unpaired) electrons. The first kappa shape index (κ1) is 13.7. The molecule has 0 unspecified atom stereocenters. The van der Waals surface area contributed by atoms with E-state index in [1.165, 1.54) is 0 Å². The van der Waals surface area contributed by atoms with Gasteiger partial charge in [-0.15, -0.1) is 0 Å². The molecule has 1 amide bonds. The number of nitrogen functional groups attached to an aromatic ring is 1. The summed E-state index contributed by atoms with van der Waals surface area (Å²) >= 11 is 0. The molecule has 0 atom stereocenters. The smallest absolute Gasteiger partial charge is 0.254 e. The van der Waals surface area contributed by atoms with Gasteiger partial charge in [0.25, 0.3) is 5.91 Å². The lowest BCUT2D eigenvalue weighted by Crippen LogP contribution is -2.34. The lowest BCUT2D eigenvalue weighted by Gasteiger charge is -2.22. The van der Waals surface area contributed by atoms with Crippen molar-refractivity contribution in [2.24, 2.45) is 0 Å². The van der Waals surface area contributed by atoms with Crippen molar-refractivity contribution in [3.05, 3.63) is 23.8 Å². The Morgan fingerprint density at radius 1 is 1.47 bits per heavy atom. The molecule has 0 saturated heterocycles. The Morgan fingerprint density at radius 3 is 2.79 bits per heavy atom. The number of carbonyl (C=O) groups is 1. The number of carbonyl (C=O) groups excluding carboxylic acids is 1. The minimum absolute atomic E-state index is 0.0919. The van der Waals surface area contributed by atoms with Crippen LogP contribution in [0.25, 0.3) is 0 Å². The third-order valence-electron chi connectivity index (χ3n) is 3.48. The van der Waals surface area contributed by atoms with E-state index in [2.05, 4.69) is 6.92 Å². The Hall–Kier alpha value is -1.71. The summed E-state index contributed by atoms with van der Waals surface area (Å²) in [6.07, 6.45) is 4.40. The molecule has 0 aliphatic heterocycles. The van der Waals surface area contributed by atoms with E-state index in [1.807, 2.05) is 4.90 Å². The maximum absolute atomic E-state index is 12.5. The fraction of sp³-hybridized carbons (Fsp3) is 0.533. The summed E-state index contributed by atoms with van der Waals surface area (Å²) in [4.78, 5) is 14.5. The van der Waals surface area contributed by atoms with Crippen LogP contribution in [0.1, 0.15) is 43.0 Å². The second-order valence-electron chi connectivity index (χ2n) is 5.04. The predicted octanol–water partition coefficient (Wildman–Crippen LogP) is 2.68. The first-order valence-corrected chi connectivity index (χ1v) is 6.91. The molecule has 104 valence electrons. The van der Waals surface area contributed by atoms with E-state index in [4.69, 9.17) is 10.5 Å². The molecule has 2 rings (SSSR count). The number of anilines is 1. The Morgan fingerprint density at radius 2 is 2.21 bits per heavy atom. The molecule has 1 aliphatic rings. The molecule has 4 heteroatoms. The highest BCUT2D eigenvalue weighted by atomic mass is 16.5. The molecule has 1 aliphatic carbocycles. The van der Waals surface area contributed by atoms with E-state index in [0.717, 1.165) is 32.2 Å². The molecular weight excluding hydrogens is 240 g/mol. The SMILES string of the molecule is CCCCN(C(=O)c1ccc(N)c(OC)c1)C1CC1. The third kappa shape index (κ3) is 3.19. The van der Waals surface area contributed by atoms with Gasteiger partial charge in [-0.2, -0.15) is 0 Å². The van der Waals surface area contributed by atoms with Crippen LogP contribution in [0.2, 0.25) is 0 Å². The van der Waals surface area contributed by atoms with Crippen LogP contribution in [-0.2, 0) is 0 Å². The topological polar surface area (TPSA) is 55.6 Å². The zero-order chi connectivity index (χ0) is 13.8. The van der Waals surface area contributed by atoms with Crippen LogP contribution in [0.15, 0.2) is 18.2 Å². The highest BCUT2D eigenvalue weighted by Gasteiger charge is 2.32. The minimum atomic E-state index is 0.0919. The van der Waals surface area contributed by atoms with Crippen LogP contribution in [-0.4, -0.2) is 30.5 Å². The Kier molecular flexibility index (Phi) is 4.30. The van der Waals surface area contributed by atoms with E-state index in [-0.39, 0.29) is 5.91 Å². The van der Waals surface area contributed by atoms with Gasteiger partial charge in [0.2, 0.25) is 0 Å². The molecule has 1 fully saturated rings. The van der Waals surface area contributed by atoms with Gasteiger partial charge in [-0.05, 0) is 37.5 Å². The van der Waals surface area contributed by atoms with Gasteiger partial charge in [0.15, 0.2) is 0 Å². The number of unbranched alkanes of at least 4 members (excludes halogenated alkanes) is 1. The highest BCUT2D eigenvalue weighted by Crippen LogP contribution is 2.30. The van der Waals surface area contributed by atoms with Crippen LogP contribution >= 0.6 is 0 Å². The molecule has 1 aromatic carbocycles. The molecule has 4 nitrogen and oxygen atoms in total. The average molecular weight is 262 g/mol. The first-order valence-electron chi connectivity index (χ1n) is 6.91. The van der Waals surface area contributed by atoms with Crippen molar-refractivity contribution in [2.75, 3.05) is 19.4 Å². The number of rotatable bonds is 6. The number of ether oxygens (including phenoxy) is 1. The maximum Gasteiger partial charge on any atom is 0.254 e. The van der Waals surface area contributed by atoms with Gasteiger partial charge in [0.1, 0.15) is 5.75 Å². The number of hydrogen-bond acceptors (Lipinski definition) is 3. The van der Waals surface area contributed by atoms with Crippen molar-refractivity contribution in [1.29, 1.82) is 0 Å². The van der Waals surface area contributed by atoms with Crippen molar-refractivity contribution in [3.8, 4) is 5.75 Å². The molecule has 1 aromatic rings. The fourth-order valence-corrected chi connectivity index (χ4v) is 2.17. The Balaban J connectivity index is 2.16. The predicted molar refractivity (Wildman–Crippen MR) is 76.4 cm³/mol. The summed E-state index contributed by atoms with van der Waals surface area (Å²) in [6, 6.07) is 5.68. The van der Waals surface area contributed by atoms with Gasteiger partial charge in [-0.1, -0.05) is 13.3 Å². The number of benzene rings is 1. The van der Waals surface area contributed by atoms with Crippen LogP contribution in [0.3, 0.4) is 0 Å². The van der Waals surface area contributed by atoms with Gasteiger partial charge in [0.05, 0.1) is 12.8 Å². The normalized spacial score (nSPS) is 14.2. The van der Waals surface area contributed by atoms with Crippen LogP contribution in [0.5, 0.6) is 5.75 Å². The second-order valence-corrected chi connectivity index (χ2v) is 5.04. The van der Waals surface area contributed by atoms with E-state index >= 15 is 0 Å². The number of methoxy groups -OCH3 is 1. The zero-order valence-corrected chi connectivity index (χ0v) is 11.7. The van der Waals surface area contributed by atoms with Crippen molar-refractivity contribution in [3.63, 3.8) is 0 Å². The monoisotopic (exact) mass is 262 g/mol. The lowest BCUT2D eigenvalue weighted by molar-refractivity contribution is 0.0740. The second kappa shape index (κ2) is 5.95. The standard InChI is InChI=1S/C15H22N2O2/c1-3-4-9-17(12-6-7-12)15(18)11-5-8-13(16)14(10-11)19-2/h5,8,10,12H,3-4,6-7,9,16H2,1-2H3. The van der Waals surface area contributed by atoms with Crippen LogP contribution < -0.4 is 10.5 Å². The molecule has 0 aromatic heterocycles. The molecule has 0 bridgehead atoms. The van der Waals surface area contributed by atoms with Crippen molar-refractivity contribution < 1.29 is 9.53 Å². The molecule has 19 heavy (non-hydrogen) atoms. The minimum Gasteiger partial charge on any atom is -0.495 e. The van der Waals surface area contributed by atoms with Crippen LogP contribution in [0, 0.1) is 0 Å². The van der Waals surface area contributed by atoms with Gasteiger partial charge >= 0.3 is 0 Å². The fourth-order valence-electron chi connectivity index (χ4n) is 2.17. The third-order valence-corrected chi connectivity index (χ3v) is 3.48. The summed E-state index contributed by atoms with van der Waals surface area (Å²) < 4.78 is 5.18. The maximum atomic E-state index is 12.5. The van der Waals surface area contributed by atoms with Gasteiger partial charge < -0.3 is 15.4 Å².